The second kappa shape index (κ2) is 6.85. The molecule has 0 unspecified atom stereocenters. The van der Waals surface area contributed by atoms with Crippen molar-refractivity contribution in [2.45, 2.75) is 20.3 Å². The van der Waals surface area contributed by atoms with Crippen LogP contribution in [0.15, 0.2) is 42.5 Å². The van der Waals surface area contributed by atoms with Crippen molar-refractivity contribution in [3.8, 4) is 11.5 Å². The highest BCUT2D eigenvalue weighted by atomic mass is 16.5. The van der Waals surface area contributed by atoms with E-state index >= 15 is 0 Å². The predicted octanol–water partition coefficient (Wildman–Crippen LogP) is 3.73. The van der Waals surface area contributed by atoms with Crippen molar-refractivity contribution in [2.75, 3.05) is 18.9 Å². The van der Waals surface area contributed by atoms with Gasteiger partial charge in [0.15, 0.2) is 0 Å². The van der Waals surface area contributed by atoms with Gasteiger partial charge >= 0.3 is 0 Å². The van der Waals surface area contributed by atoms with Crippen LogP contribution in [0.25, 0.3) is 0 Å². The second-order valence-corrected chi connectivity index (χ2v) is 4.86. The molecule has 2 aromatic rings. The summed E-state index contributed by atoms with van der Waals surface area (Å²) in [6.45, 7) is 5.37. The second-order valence-electron chi connectivity index (χ2n) is 4.86. The molecule has 0 aliphatic carbocycles. The Hall–Kier alpha value is -2.16. The van der Waals surface area contributed by atoms with Gasteiger partial charge in [0.2, 0.25) is 0 Å². The monoisotopic (exact) mass is 271 g/mol. The van der Waals surface area contributed by atoms with Crippen LogP contribution in [0.1, 0.15) is 17.5 Å². The Morgan fingerprint density at radius 2 is 1.60 bits per heavy atom. The Labute approximate surface area is 120 Å². The van der Waals surface area contributed by atoms with E-state index in [1.807, 2.05) is 30.3 Å². The molecule has 0 amide bonds. The third-order valence-corrected chi connectivity index (χ3v) is 3.05. The normalized spacial score (nSPS) is 10.3. The summed E-state index contributed by atoms with van der Waals surface area (Å²) in [5.41, 5.74) is 8.89. The molecule has 3 heteroatoms. The number of para-hydroxylation sites is 2. The zero-order valence-electron chi connectivity index (χ0n) is 12.1. The van der Waals surface area contributed by atoms with E-state index in [0.29, 0.717) is 18.9 Å². The Morgan fingerprint density at radius 1 is 0.900 bits per heavy atom. The van der Waals surface area contributed by atoms with E-state index in [1.165, 1.54) is 11.1 Å². The summed E-state index contributed by atoms with van der Waals surface area (Å²) in [6, 6.07) is 13.7. The van der Waals surface area contributed by atoms with Crippen LogP contribution in [0, 0.1) is 13.8 Å². The van der Waals surface area contributed by atoms with E-state index in [4.69, 9.17) is 15.2 Å². The molecule has 0 bridgehead atoms. The lowest BCUT2D eigenvalue weighted by Crippen LogP contribution is -2.06. The first-order chi connectivity index (χ1) is 9.66. The standard InChI is InChI=1S/C17H21NO2/c1-13-8-9-16(14(2)12-13)19-10-5-11-20-17-7-4-3-6-15(17)18/h3-4,6-9,12H,5,10-11,18H2,1-2H3. The average Bonchev–Trinajstić information content (AvgIpc) is 2.42. The molecule has 20 heavy (non-hydrogen) atoms. The van der Waals surface area contributed by atoms with Crippen LogP contribution in [0.2, 0.25) is 0 Å². The summed E-state index contributed by atoms with van der Waals surface area (Å²) >= 11 is 0. The molecule has 2 aromatic carbocycles. The van der Waals surface area contributed by atoms with Crippen LogP contribution >= 0.6 is 0 Å². The summed E-state index contributed by atoms with van der Waals surface area (Å²) in [5, 5.41) is 0. The van der Waals surface area contributed by atoms with Crippen LogP contribution in [-0.2, 0) is 0 Å². The van der Waals surface area contributed by atoms with Crippen molar-refractivity contribution in [3.05, 3.63) is 53.6 Å². The molecule has 106 valence electrons. The predicted molar refractivity (Wildman–Crippen MR) is 82.4 cm³/mol. The molecule has 3 nitrogen and oxygen atoms in total. The minimum atomic E-state index is 0.596. The minimum absolute atomic E-state index is 0.596. The van der Waals surface area contributed by atoms with Gasteiger partial charge < -0.3 is 15.2 Å². The van der Waals surface area contributed by atoms with Gasteiger partial charge in [-0.1, -0.05) is 29.8 Å². The number of ether oxygens (including phenoxy) is 2. The topological polar surface area (TPSA) is 44.5 Å². The molecule has 0 saturated carbocycles. The fourth-order valence-corrected chi connectivity index (χ4v) is 2.00. The zero-order valence-corrected chi connectivity index (χ0v) is 12.1. The molecule has 2 rings (SSSR count). The van der Waals surface area contributed by atoms with Crippen LogP contribution in [0.5, 0.6) is 11.5 Å². The molecule has 0 heterocycles. The Kier molecular flexibility index (Phi) is 4.88. The highest BCUT2D eigenvalue weighted by molar-refractivity contribution is 5.51. The Balaban J connectivity index is 1.73. The molecular formula is C17H21NO2. The van der Waals surface area contributed by atoms with Crippen molar-refractivity contribution in [2.24, 2.45) is 0 Å². The molecule has 0 aliphatic rings. The van der Waals surface area contributed by atoms with Gasteiger partial charge in [-0.05, 0) is 37.6 Å². The Bertz CT molecular complexity index is 567. The molecule has 0 fully saturated rings. The molecular weight excluding hydrogens is 250 g/mol. The minimum Gasteiger partial charge on any atom is -0.493 e. The fraction of sp³-hybridized carbons (Fsp3) is 0.294. The summed E-state index contributed by atoms with van der Waals surface area (Å²) in [4.78, 5) is 0. The number of hydrogen-bond acceptors (Lipinski definition) is 3. The fourth-order valence-electron chi connectivity index (χ4n) is 2.00. The van der Waals surface area contributed by atoms with E-state index in [1.54, 1.807) is 0 Å². The molecule has 0 saturated heterocycles. The highest BCUT2D eigenvalue weighted by Crippen LogP contribution is 2.20. The smallest absolute Gasteiger partial charge is 0.142 e. The number of anilines is 1. The lowest BCUT2D eigenvalue weighted by atomic mass is 10.1. The van der Waals surface area contributed by atoms with Crippen LogP contribution < -0.4 is 15.2 Å². The number of rotatable bonds is 6. The van der Waals surface area contributed by atoms with Gasteiger partial charge in [-0.15, -0.1) is 0 Å². The first-order valence-corrected chi connectivity index (χ1v) is 6.84. The molecule has 0 spiro atoms. The van der Waals surface area contributed by atoms with Gasteiger partial charge in [-0.25, -0.2) is 0 Å². The quantitative estimate of drug-likeness (QED) is 0.643. The molecule has 0 aromatic heterocycles. The zero-order chi connectivity index (χ0) is 14.4. The van der Waals surface area contributed by atoms with Gasteiger partial charge in [-0.2, -0.15) is 0 Å². The number of aryl methyl sites for hydroxylation is 2. The maximum absolute atomic E-state index is 5.80. The third-order valence-electron chi connectivity index (χ3n) is 3.05. The van der Waals surface area contributed by atoms with Crippen molar-refractivity contribution < 1.29 is 9.47 Å². The number of benzene rings is 2. The Morgan fingerprint density at radius 3 is 2.30 bits per heavy atom. The van der Waals surface area contributed by atoms with E-state index in [9.17, 15) is 0 Å². The first kappa shape index (κ1) is 14.3. The third kappa shape index (κ3) is 3.92. The van der Waals surface area contributed by atoms with Gasteiger partial charge in [0.1, 0.15) is 11.5 Å². The maximum atomic E-state index is 5.80. The number of hydrogen-bond donors (Lipinski definition) is 1. The maximum Gasteiger partial charge on any atom is 0.142 e. The van der Waals surface area contributed by atoms with Crippen molar-refractivity contribution in [1.82, 2.24) is 0 Å². The summed E-state index contributed by atoms with van der Waals surface area (Å²) in [7, 11) is 0. The van der Waals surface area contributed by atoms with Gasteiger partial charge in [0.05, 0.1) is 18.9 Å². The van der Waals surface area contributed by atoms with Gasteiger partial charge in [0.25, 0.3) is 0 Å². The highest BCUT2D eigenvalue weighted by Gasteiger charge is 2.01. The molecule has 0 aliphatic heterocycles. The van der Waals surface area contributed by atoms with Crippen molar-refractivity contribution in [1.29, 1.82) is 0 Å². The average molecular weight is 271 g/mol. The van der Waals surface area contributed by atoms with E-state index in [0.717, 1.165) is 17.9 Å². The van der Waals surface area contributed by atoms with Crippen LogP contribution in [0.4, 0.5) is 5.69 Å². The number of nitrogens with two attached hydrogens (primary N) is 1. The van der Waals surface area contributed by atoms with E-state index in [-0.39, 0.29) is 0 Å². The summed E-state index contributed by atoms with van der Waals surface area (Å²) in [5.74, 6) is 1.67. The SMILES string of the molecule is Cc1ccc(OCCCOc2ccccc2N)c(C)c1. The van der Waals surface area contributed by atoms with E-state index in [2.05, 4.69) is 26.0 Å². The van der Waals surface area contributed by atoms with Crippen LogP contribution in [-0.4, -0.2) is 13.2 Å². The lowest BCUT2D eigenvalue weighted by molar-refractivity contribution is 0.247. The molecule has 0 radical (unpaired) electrons. The molecule has 2 N–H and O–H groups in total. The largest absolute Gasteiger partial charge is 0.493 e. The van der Waals surface area contributed by atoms with Crippen LogP contribution in [0.3, 0.4) is 0 Å². The lowest BCUT2D eigenvalue weighted by Gasteiger charge is -2.11. The summed E-state index contributed by atoms with van der Waals surface area (Å²) in [6.07, 6.45) is 0.821. The summed E-state index contributed by atoms with van der Waals surface area (Å²) < 4.78 is 11.4. The van der Waals surface area contributed by atoms with Gasteiger partial charge in [0, 0.05) is 6.42 Å². The molecule has 0 atom stereocenters. The van der Waals surface area contributed by atoms with Gasteiger partial charge in [-0.3, -0.25) is 0 Å². The van der Waals surface area contributed by atoms with E-state index < -0.39 is 0 Å². The van der Waals surface area contributed by atoms with Crippen molar-refractivity contribution in [3.63, 3.8) is 0 Å². The first-order valence-electron chi connectivity index (χ1n) is 6.84. The van der Waals surface area contributed by atoms with Crippen molar-refractivity contribution >= 4 is 5.69 Å². The number of nitrogen functional groups attached to an aromatic ring is 1.